The molecule has 2 N–H and O–H groups in total. The van der Waals surface area contributed by atoms with Crippen molar-refractivity contribution in [3.63, 3.8) is 0 Å². The van der Waals surface area contributed by atoms with Gasteiger partial charge in [-0.25, -0.2) is 4.39 Å². The van der Waals surface area contributed by atoms with Gasteiger partial charge in [-0.05, 0) is 48.7 Å². The van der Waals surface area contributed by atoms with Crippen LogP contribution in [0.1, 0.15) is 34.7 Å². The molecule has 7 heteroatoms. The molecule has 0 aromatic heterocycles. The molecule has 1 fully saturated rings. The van der Waals surface area contributed by atoms with Crippen molar-refractivity contribution in [3.8, 4) is 5.75 Å². The molecule has 0 spiro atoms. The fraction of sp³-hybridized carbons (Fsp3) is 0.333. The fourth-order valence-corrected chi connectivity index (χ4v) is 3.03. The number of ether oxygens (including phenoxy) is 2. The first-order valence-corrected chi connectivity index (χ1v) is 9.14. The van der Waals surface area contributed by atoms with Crippen LogP contribution < -0.4 is 10.1 Å². The van der Waals surface area contributed by atoms with E-state index in [0.717, 1.165) is 19.4 Å². The zero-order valence-corrected chi connectivity index (χ0v) is 15.3. The van der Waals surface area contributed by atoms with Crippen LogP contribution in [0.15, 0.2) is 48.5 Å². The highest BCUT2D eigenvalue weighted by Crippen LogP contribution is 2.19. The maximum absolute atomic E-state index is 13.0. The average molecular weight is 387 g/mol. The third kappa shape index (κ3) is 5.29. The van der Waals surface area contributed by atoms with Crippen molar-refractivity contribution < 1.29 is 28.6 Å². The topological polar surface area (TPSA) is 84.9 Å². The number of benzene rings is 2. The minimum atomic E-state index is -1.10. The lowest BCUT2D eigenvalue weighted by Crippen LogP contribution is -2.31. The van der Waals surface area contributed by atoms with E-state index < -0.39 is 23.6 Å². The van der Waals surface area contributed by atoms with Gasteiger partial charge in [0.25, 0.3) is 5.91 Å². The molecule has 1 heterocycles. The number of nitrogens with one attached hydrogen (secondary N) is 1. The first-order chi connectivity index (χ1) is 13.5. The number of aliphatic carboxylic acids is 1. The van der Waals surface area contributed by atoms with E-state index in [-0.39, 0.29) is 12.6 Å². The van der Waals surface area contributed by atoms with Gasteiger partial charge in [0.05, 0.1) is 12.0 Å². The summed E-state index contributed by atoms with van der Waals surface area (Å²) in [6.07, 6.45) is 2.06. The molecule has 1 aliphatic rings. The lowest BCUT2D eigenvalue weighted by Gasteiger charge is -2.15. The van der Waals surface area contributed by atoms with Crippen LogP contribution in [0.25, 0.3) is 0 Å². The number of hydrogen-bond donors (Lipinski definition) is 2. The maximum Gasteiger partial charge on any atom is 0.312 e. The number of carboxylic acid groups (broad SMARTS) is 1. The van der Waals surface area contributed by atoms with Crippen LogP contribution in [0.3, 0.4) is 0 Å². The van der Waals surface area contributed by atoms with E-state index >= 15 is 0 Å². The molecular weight excluding hydrogens is 365 g/mol. The quantitative estimate of drug-likeness (QED) is 0.727. The lowest BCUT2D eigenvalue weighted by molar-refractivity contribution is -0.138. The predicted octanol–water partition coefficient (Wildman–Crippen LogP) is 2.98. The largest absolute Gasteiger partial charge is 0.491 e. The van der Waals surface area contributed by atoms with Gasteiger partial charge in [0, 0.05) is 18.7 Å². The maximum atomic E-state index is 13.0. The first-order valence-electron chi connectivity index (χ1n) is 9.14. The molecule has 6 nitrogen and oxygen atoms in total. The van der Waals surface area contributed by atoms with Crippen LogP contribution in [0.2, 0.25) is 0 Å². The number of halogens is 1. The monoisotopic (exact) mass is 387 g/mol. The van der Waals surface area contributed by atoms with E-state index in [9.17, 15) is 19.1 Å². The van der Waals surface area contributed by atoms with Crippen LogP contribution >= 0.6 is 0 Å². The molecule has 1 amide bonds. The van der Waals surface area contributed by atoms with Gasteiger partial charge in [0.1, 0.15) is 18.2 Å². The van der Waals surface area contributed by atoms with Crippen molar-refractivity contribution in [3.05, 3.63) is 65.5 Å². The van der Waals surface area contributed by atoms with Gasteiger partial charge in [-0.15, -0.1) is 0 Å². The highest BCUT2D eigenvalue weighted by Gasteiger charge is 2.21. The molecule has 1 saturated heterocycles. The Hall–Kier alpha value is -2.93. The molecule has 2 aromatic rings. The summed E-state index contributed by atoms with van der Waals surface area (Å²) >= 11 is 0. The second kappa shape index (κ2) is 9.32. The molecule has 0 bridgehead atoms. The van der Waals surface area contributed by atoms with Crippen molar-refractivity contribution in [2.45, 2.75) is 24.9 Å². The molecular formula is C21H22FNO5. The van der Waals surface area contributed by atoms with Crippen LogP contribution in [0.5, 0.6) is 5.75 Å². The molecule has 0 saturated carbocycles. The molecule has 28 heavy (non-hydrogen) atoms. The summed E-state index contributed by atoms with van der Waals surface area (Å²) in [6, 6.07) is 11.9. The third-order valence-electron chi connectivity index (χ3n) is 4.59. The standard InChI is InChI=1S/C21H22FNO5/c22-16-8-6-14(7-9-16)19(21(25)26)12-23-20(24)15-3-1-4-17(11-15)28-13-18-5-2-10-27-18/h1,3-4,6-9,11,18-19H,2,5,10,12-13H2,(H,23,24)(H,25,26). The molecule has 1 aliphatic heterocycles. The molecule has 2 atom stereocenters. The fourth-order valence-electron chi connectivity index (χ4n) is 3.03. The number of rotatable bonds is 8. The summed E-state index contributed by atoms with van der Waals surface area (Å²) in [6.45, 7) is 1.06. The average Bonchev–Trinajstić information content (AvgIpc) is 3.21. The number of carbonyl (C=O) groups excluding carboxylic acids is 1. The summed E-state index contributed by atoms with van der Waals surface area (Å²) in [5.41, 5.74) is 0.788. The summed E-state index contributed by atoms with van der Waals surface area (Å²) in [5.74, 6) is -2.37. The Kier molecular flexibility index (Phi) is 6.60. The van der Waals surface area contributed by atoms with E-state index in [1.54, 1.807) is 24.3 Å². The van der Waals surface area contributed by atoms with E-state index in [1.807, 2.05) is 0 Å². The van der Waals surface area contributed by atoms with Gasteiger partial charge in [0.15, 0.2) is 0 Å². The lowest BCUT2D eigenvalue weighted by atomic mass is 9.99. The Balaban J connectivity index is 1.59. The van der Waals surface area contributed by atoms with Gasteiger partial charge in [0.2, 0.25) is 0 Å². The van der Waals surface area contributed by atoms with E-state index in [4.69, 9.17) is 9.47 Å². The zero-order chi connectivity index (χ0) is 19.9. The molecule has 2 aromatic carbocycles. The van der Waals surface area contributed by atoms with Gasteiger partial charge in [-0.2, -0.15) is 0 Å². The SMILES string of the molecule is O=C(NCC(C(=O)O)c1ccc(F)cc1)c1cccc(OCC2CCCO2)c1. The predicted molar refractivity (Wildman–Crippen MR) is 100 cm³/mol. The van der Waals surface area contributed by atoms with Crippen molar-refractivity contribution >= 4 is 11.9 Å². The summed E-state index contributed by atoms with van der Waals surface area (Å²) < 4.78 is 24.2. The number of carbonyl (C=O) groups is 2. The van der Waals surface area contributed by atoms with E-state index in [1.165, 1.54) is 24.3 Å². The number of amides is 1. The molecule has 148 valence electrons. The summed E-state index contributed by atoms with van der Waals surface area (Å²) in [5, 5.41) is 12.0. The minimum absolute atomic E-state index is 0.0736. The smallest absolute Gasteiger partial charge is 0.312 e. The van der Waals surface area contributed by atoms with Gasteiger partial charge in [-0.1, -0.05) is 18.2 Å². The Morgan fingerprint density at radius 2 is 2.04 bits per heavy atom. The van der Waals surface area contributed by atoms with Crippen molar-refractivity contribution in [1.82, 2.24) is 5.32 Å². The van der Waals surface area contributed by atoms with Gasteiger partial charge in [-0.3, -0.25) is 9.59 Å². The molecule has 3 rings (SSSR count). The number of hydrogen-bond acceptors (Lipinski definition) is 4. The Bertz CT molecular complexity index is 818. The van der Waals surface area contributed by atoms with Crippen LogP contribution in [0, 0.1) is 5.82 Å². The normalized spacial score (nSPS) is 17.1. The molecule has 2 unspecified atom stereocenters. The summed E-state index contributed by atoms with van der Waals surface area (Å²) in [7, 11) is 0. The second-order valence-corrected chi connectivity index (χ2v) is 6.63. The van der Waals surface area contributed by atoms with Gasteiger partial charge < -0.3 is 19.9 Å². The minimum Gasteiger partial charge on any atom is -0.491 e. The second-order valence-electron chi connectivity index (χ2n) is 6.63. The Morgan fingerprint density at radius 1 is 1.25 bits per heavy atom. The van der Waals surface area contributed by atoms with Crippen molar-refractivity contribution in [2.75, 3.05) is 19.8 Å². The van der Waals surface area contributed by atoms with Crippen molar-refractivity contribution in [1.29, 1.82) is 0 Å². The third-order valence-corrected chi connectivity index (χ3v) is 4.59. The Morgan fingerprint density at radius 3 is 2.71 bits per heavy atom. The van der Waals surface area contributed by atoms with Gasteiger partial charge >= 0.3 is 5.97 Å². The van der Waals surface area contributed by atoms with Crippen LogP contribution in [-0.2, 0) is 9.53 Å². The molecule has 0 aliphatic carbocycles. The molecule has 0 radical (unpaired) electrons. The van der Waals surface area contributed by atoms with Crippen molar-refractivity contribution in [2.24, 2.45) is 0 Å². The Labute approximate surface area is 162 Å². The first kappa shape index (κ1) is 19.8. The van der Waals surface area contributed by atoms with Crippen LogP contribution in [0.4, 0.5) is 4.39 Å². The highest BCUT2D eigenvalue weighted by atomic mass is 19.1. The highest BCUT2D eigenvalue weighted by molar-refractivity contribution is 5.95. The number of carboxylic acids is 1. The van der Waals surface area contributed by atoms with E-state index in [0.29, 0.717) is 23.5 Å². The van der Waals surface area contributed by atoms with E-state index in [2.05, 4.69) is 5.32 Å². The zero-order valence-electron chi connectivity index (χ0n) is 15.3. The van der Waals surface area contributed by atoms with Crippen LogP contribution in [-0.4, -0.2) is 42.8 Å². The summed E-state index contributed by atoms with van der Waals surface area (Å²) in [4.78, 5) is 23.9.